The average Bonchev–Trinajstić information content (AvgIpc) is 1.81. The van der Waals surface area contributed by atoms with Crippen LogP contribution in [-0.2, 0) is 14.4 Å². The summed E-state index contributed by atoms with van der Waals surface area (Å²) in [6.45, 7) is 8.17. The molecule has 0 unspecified atom stereocenters. The van der Waals surface area contributed by atoms with Gasteiger partial charge in [-0.3, -0.25) is 4.79 Å². The molecule has 0 rings (SSSR count). The number of esters is 1. The molecule has 0 heterocycles. The molecule has 0 aliphatic rings. The molecule has 0 aromatic heterocycles. The molecular weight excluding hydrogens is 146 g/mol. The van der Waals surface area contributed by atoms with Crippen LogP contribution in [0, 0.1) is 0 Å². The lowest BCUT2D eigenvalue weighted by Crippen LogP contribution is -2.31. The van der Waals surface area contributed by atoms with E-state index in [2.05, 4.69) is 16.7 Å². The van der Waals surface area contributed by atoms with Crippen molar-refractivity contribution in [2.24, 2.45) is 5.16 Å². The lowest BCUT2D eigenvalue weighted by atomic mass is 10.1. The first-order valence-corrected chi connectivity index (χ1v) is 3.25. The zero-order chi connectivity index (χ0) is 8.91. The maximum Gasteiger partial charge on any atom is 0.303 e. The number of rotatable bonds is 4. The van der Waals surface area contributed by atoms with Gasteiger partial charge < -0.3 is 9.57 Å². The van der Waals surface area contributed by atoms with Crippen molar-refractivity contribution < 1.29 is 14.4 Å². The Morgan fingerprint density at radius 1 is 1.64 bits per heavy atom. The number of hydrogen-bond acceptors (Lipinski definition) is 4. The minimum atomic E-state index is -0.632. The summed E-state index contributed by atoms with van der Waals surface area (Å²) in [5.41, 5.74) is -0.632. The summed E-state index contributed by atoms with van der Waals surface area (Å²) in [6, 6.07) is 0. The predicted octanol–water partition coefficient (Wildman–Crippen LogP) is 0.960. The molecule has 0 aromatic rings. The number of nitrogens with zero attached hydrogens (tertiary/aromatic N) is 1. The molecule has 4 nitrogen and oxygen atoms in total. The molecule has 0 bridgehead atoms. The normalized spacial score (nSPS) is 10.5. The van der Waals surface area contributed by atoms with Gasteiger partial charge in [0.2, 0.25) is 0 Å². The molecule has 0 fully saturated rings. The number of oxime groups is 1. The Morgan fingerprint density at radius 2 is 2.18 bits per heavy atom. The summed E-state index contributed by atoms with van der Waals surface area (Å²) in [5, 5.41) is 3.19. The Kier molecular flexibility index (Phi) is 3.57. The zero-order valence-electron chi connectivity index (χ0n) is 7.09. The zero-order valence-corrected chi connectivity index (χ0v) is 7.09. The fraction of sp³-hybridized carbons (Fsp3) is 0.714. The molecule has 64 valence electrons. The van der Waals surface area contributed by atoms with E-state index >= 15 is 0 Å². The van der Waals surface area contributed by atoms with Gasteiger partial charge in [0, 0.05) is 13.6 Å². The van der Waals surface area contributed by atoms with Crippen molar-refractivity contribution in [3.8, 4) is 0 Å². The Bertz CT molecular complexity index is 154. The first kappa shape index (κ1) is 9.94. The van der Waals surface area contributed by atoms with Gasteiger partial charge in [0.15, 0.2) is 6.61 Å². The van der Waals surface area contributed by atoms with Crippen LogP contribution in [0.2, 0.25) is 0 Å². The second-order valence-electron chi connectivity index (χ2n) is 2.76. The summed E-state index contributed by atoms with van der Waals surface area (Å²) in [4.78, 5) is 15.1. The van der Waals surface area contributed by atoms with E-state index < -0.39 is 5.60 Å². The molecule has 0 aliphatic heterocycles. The second kappa shape index (κ2) is 3.95. The lowest BCUT2D eigenvalue weighted by Gasteiger charge is -2.22. The molecule has 0 amide bonds. The maximum atomic E-state index is 10.5. The molecule has 0 saturated heterocycles. The fourth-order valence-corrected chi connectivity index (χ4v) is 0.620. The molecule has 4 heteroatoms. The predicted molar refractivity (Wildman–Crippen MR) is 41.3 cm³/mol. The Hall–Kier alpha value is -1.06. The third-order valence-electron chi connectivity index (χ3n) is 0.923. The highest BCUT2D eigenvalue weighted by atomic mass is 16.6. The summed E-state index contributed by atoms with van der Waals surface area (Å²) in [6.07, 6.45) is 0. The molecule has 0 aromatic carbocycles. The summed E-state index contributed by atoms with van der Waals surface area (Å²) in [7, 11) is 0. The average molecular weight is 159 g/mol. The van der Waals surface area contributed by atoms with Crippen LogP contribution in [0.15, 0.2) is 5.16 Å². The number of carbonyl (C=O) groups is 1. The number of ether oxygens (including phenoxy) is 1. The topological polar surface area (TPSA) is 47.9 Å². The molecule has 0 atom stereocenters. The van der Waals surface area contributed by atoms with E-state index in [1.807, 2.05) is 0 Å². The van der Waals surface area contributed by atoms with Gasteiger partial charge in [-0.05, 0) is 13.8 Å². The Balaban J connectivity index is 3.78. The first-order valence-electron chi connectivity index (χ1n) is 3.25. The van der Waals surface area contributed by atoms with E-state index in [1.165, 1.54) is 6.92 Å². The van der Waals surface area contributed by atoms with Crippen molar-refractivity contribution in [1.29, 1.82) is 0 Å². The van der Waals surface area contributed by atoms with E-state index in [-0.39, 0.29) is 12.6 Å². The van der Waals surface area contributed by atoms with Crippen LogP contribution in [0.5, 0.6) is 0 Å². The molecule has 0 saturated carbocycles. The fourth-order valence-electron chi connectivity index (χ4n) is 0.620. The van der Waals surface area contributed by atoms with E-state index in [0.717, 1.165) is 0 Å². The van der Waals surface area contributed by atoms with Gasteiger partial charge in [-0.2, -0.15) is 0 Å². The van der Waals surface area contributed by atoms with Crippen molar-refractivity contribution in [3.63, 3.8) is 0 Å². The van der Waals surface area contributed by atoms with Gasteiger partial charge in [0.05, 0.1) is 0 Å². The smallest absolute Gasteiger partial charge is 0.303 e. The summed E-state index contributed by atoms with van der Waals surface area (Å²) in [5.74, 6) is -0.331. The van der Waals surface area contributed by atoms with Gasteiger partial charge in [-0.1, -0.05) is 0 Å². The van der Waals surface area contributed by atoms with Gasteiger partial charge in [0.25, 0.3) is 0 Å². The van der Waals surface area contributed by atoms with Crippen LogP contribution in [0.4, 0.5) is 0 Å². The molecule has 0 radical (unpaired) electrons. The van der Waals surface area contributed by atoms with E-state index in [0.29, 0.717) is 0 Å². The minimum absolute atomic E-state index is 0.218. The first-order chi connectivity index (χ1) is 4.98. The van der Waals surface area contributed by atoms with Crippen LogP contribution < -0.4 is 0 Å². The Labute approximate surface area is 66.2 Å². The van der Waals surface area contributed by atoms with Gasteiger partial charge in [0.1, 0.15) is 5.60 Å². The van der Waals surface area contributed by atoms with Gasteiger partial charge in [-0.15, -0.1) is 5.16 Å². The van der Waals surface area contributed by atoms with Crippen LogP contribution in [0.25, 0.3) is 0 Å². The van der Waals surface area contributed by atoms with Crippen molar-refractivity contribution >= 4 is 12.7 Å². The largest absolute Gasteiger partial charge is 0.456 e. The molecule has 11 heavy (non-hydrogen) atoms. The maximum absolute atomic E-state index is 10.5. The van der Waals surface area contributed by atoms with E-state index in [9.17, 15) is 4.79 Å². The third kappa shape index (κ3) is 5.39. The van der Waals surface area contributed by atoms with Crippen LogP contribution in [0.3, 0.4) is 0 Å². The van der Waals surface area contributed by atoms with Gasteiger partial charge >= 0.3 is 5.97 Å². The minimum Gasteiger partial charge on any atom is -0.456 e. The highest BCUT2D eigenvalue weighted by molar-refractivity contribution is 5.66. The molecule has 0 spiro atoms. The summed E-state index contributed by atoms with van der Waals surface area (Å²) >= 11 is 0. The van der Waals surface area contributed by atoms with Crippen molar-refractivity contribution in [3.05, 3.63) is 0 Å². The van der Waals surface area contributed by atoms with E-state index in [1.54, 1.807) is 13.8 Å². The van der Waals surface area contributed by atoms with Crippen molar-refractivity contribution in [2.45, 2.75) is 26.4 Å². The lowest BCUT2D eigenvalue weighted by molar-refractivity contribution is -0.159. The third-order valence-corrected chi connectivity index (χ3v) is 0.923. The number of hydrogen-bond donors (Lipinski definition) is 0. The van der Waals surface area contributed by atoms with Gasteiger partial charge in [-0.25, -0.2) is 0 Å². The highest BCUT2D eigenvalue weighted by Crippen LogP contribution is 2.09. The monoisotopic (exact) mass is 159 g/mol. The standard InChI is InChI=1S/C7H13NO3/c1-6(9)11-7(2,3)5-10-8-4/h4-5H2,1-3H3. The highest BCUT2D eigenvalue weighted by Gasteiger charge is 2.21. The quantitative estimate of drug-likeness (QED) is 0.348. The summed E-state index contributed by atoms with van der Waals surface area (Å²) < 4.78 is 4.89. The van der Waals surface area contributed by atoms with Crippen molar-refractivity contribution in [2.75, 3.05) is 6.61 Å². The number of carbonyl (C=O) groups excluding carboxylic acids is 1. The van der Waals surface area contributed by atoms with Crippen LogP contribution in [-0.4, -0.2) is 24.9 Å². The molecule has 0 aliphatic carbocycles. The van der Waals surface area contributed by atoms with Crippen molar-refractivity contribution in [1.82, 2.24) is 0 Å². The second-order valence-corrected chi connectivity index (χ2v) is 2.76. The van der Waals surface area contributed by atoms with Crippen LogP contribution >= 0.6 is 0 Å². The molecule has 0 N–H and O–H groups in total. The van der Waals surface area contributed by atoms with E-state index in [4.69, 9.17) is 4.74 Å². The Morgan fingerprint density at radius 3 is 2.55 bits per heavy atom. The van der Waals surface area contributed by atoms with Crippen LogP contribution in [0.1, 0.15) is 20.8 Å². The molecular formula is C7H13NO3. The SMILES string of the molecule is C=NOCC(C)(C)OC(C)=O.